The summed E-state index contributed by atoms with van der Waals surface area (Å²) in [6, 6.07) is 19.5. The Morgan fingerprint density at radius 3 is 2.00 bits per heavy atom. The third-order valence-electron chi connectivity index (χ3n) is 3.87. The molecule has 28 heavy (non-hydrogen) atoms. The zero-order chi connectivity index (χ0) is 20.1. The van der Waals surface area contributed by atoms with Gasteiger partial charge in [-0.3, -0.25) is 9.52 Å². The van der Waals surface area contributed by atoms with Crippen molar-refractivity contribution in [3.05, 3.63) is 82.8 Å². The minimum atomic E-state index is -3.70. The Hall–Kier alpha value is -2.84. The summed E-state index contributed by atoms with van der Waals surface area (Å²) >= 11 is 3.27. The van der Waals surface area contributed by atoms with Crippen LogP contribution in [0.15, 0.2) is 82.2 Å². The lowest BCUT2D eigenvalue weighted by atomic mass is 10.2. The number of benzene rings is 3. The fourth-order valence-corrected chi connectivity index (χ4v) is 3.72. The molecule has 3 aromatic carbocycles. The highest BCUT2D eigenvalue weighted by Crippen LogP contribution is 2.20. The average Bonchev–Trinajstić information content (AvgIpc) is 2.69. The van der Waals surface area contributed by atoms with Gasteiger partial charge in [0.1, 0.15) is 5.75 Å². The first kappa shape index (κ1) is 19.9. The van der Waals surface area contributed by atoms with Gasteiger partial charge in [-0.1, -0.05) is 15.9 Å². The van der Waals surface area contributed by atoms with E-state index in [9.17, 15) is 13.2 Å². The van der Waals surface area contributed by atoms with Crippen LogP contribution in [0, 0.1) is 0 Å². The van der Waals surface area contributed by atoms with Crippen LogP contribution in [-0.2, 0) is 10.0 Å². The number of carbonyl (C=O) groups is 1. The molecule has 0 fully saturated rings. The van der Waals surface area contributed by atoms with E-state index in [1.165, 1.54) is 12.1 Å². The van der Waals surface area contributed by atoms with Gasteiger partial charge in [-0.25, -0.2) is 8.42 Å². The number of hydrogen-bond donors (Lipinski definition) is 2. The van der Waals surface area contributed by atoms with Crippen molar-refractivity contribution >= 4 is 43.2 Å². The quantitative estimate of drug-likeness (QED) is 0.566. The lowest BCUT2D eigenvalue weighted by Gasteiger charge is -2.10. The summed E-state index contributed by atoms with van der Waals surface area (Å²) in [4.78, 5) is 12.5. The molecule has 0 unspecified atom stereocenters. The second-order valence-electron chi connectivity index (χ2n) is 5.82. The number of anilines is 2. The molecule has 0 aliphatic rings. The molecule has 144 valence electrons. The van der Waals surface area contributed by atoms with Crippen molar-refractivity contribution in [1.29, 1.82) is 0 Å². The summed E-state index contributed by atoms with van der Waals surface area (Å²) in [5.41, 5.74) is 1.40. The number of nitrogens with one attached hydrogen (secondary N) is 2. The van der Waals surface area contributed by atoms with E-state index in [2.05, 4.69) is 26.0 Å². The highest BCUT2D eigenvalue weighted by atomic mass is 79.9. The number of sulfonamides is 1. The standard InChI is InChI=1S/C20H17BrN2O4S/c1-27-18-10-8-16(9-11-18)22-20(24)14-2-6-17(7-3-14)23-28(25,26)19-12-4-15(21)5-13-19/h2-13,23H,1H3,(H,22,24). The molecule has 0 saturated heterocycles. The van der Waals surface area contributed by atoms with Crippen molar-refractivity contribution in [2.75, 3.05) is 17.1 Å². The molecule has 0 atom stereocenters. The van der Waals surface area contributed by atoms with Crippen molar-refractivity contribution in [3.63, 3.8) is 0 Å². The summed E-state index contributed by atoms with van der Waals surface area (Å²) in [7, 11) is -2.13. The normalized spacial score (nSPS) is 10.9. The minimum absolute atomic E-state index is 0.150. The zero-order valence-electron chi connectivity index (χ0n) is 14.8. The number of carbonyl (C=O) groups excluding carboxylic acids is 1. The molecule has 0 radical (unpaired) electrons. The topological polar surface area (TPSA) is 84.5 Å². The number of amides is 1. The van der Waals surface area contributed by atoms with E-state index in [-0.39, 0.29) is 10.8 Å². The monoisotopic (exact) mass is 460 g/mol. The molecule has 1 amide bonds. The zero-order valence-corrected chi connectivity index (χ0v) is 17.2. The fourth-order valence-electron chi connectivity index (χ4n) is 2.40. The van der Waals surface area contributed by atoms with Gasteiger partial charge in [0.15, 0.2) is 0 Å². The van der Waals surface area contributed by atoms with Crippen LogP contribution in [-0.4, -0.2) is 21.4 Å². The van der Waals surface area contributed by atoms with E-state index in [0.29, 0.717) is 22.7 Å². The molecule has 0 saturated carbocycles. The summed E-state index contributed by atoms with van der Waals surface area (Å²) < 4.78 is 33.2. The average molecular weight is 461 g/mol. The Morgan fingerprint density at radius 2 is 1.43 bits per heavy atom. The number of methoxy groups -OCH3 is 1. The molecule has 2 N–H and O–H groups in total. The number of rotatable bonds is 6. The van der Waals surface area contributed by atoms with Crippen molar-refractivity contribution in [3.8, 4) is 5.75 Å². The van der Waals surface area contributed by atoms with E-state index in [1.54, 1.807) is 67.8 Å². The van der Waals surface area contributed by atoms with Crippen LogP contribution in [0.5, 0.6) is 5.75 Å². The van der Waals surface area contributed by atoms with Crippen LogP contribution in [0.25, 0.3) is 0 Å². The predicted octanol–water partition coefficient (Wildman–Crippen LogP) is 4.51. The van der Waals surface area contributed by atoms with Gasteiger partial charge in [0, 0.05) is 21.4 Å². The molecule has 0 aliphatic heterocycles. The van der Waals surface area contributed by atoms with Gasteiger partial charge in [-0.15, -0.1) is 0 Å². The van der Waals surface area contributed by atoms with Crippen molar-refractivity contribution < 1.29 is 17.9 Å². The van der Waals surface area contributed by atoms with Gasteiger partial charge in [0.25, 0.3) is 15.9 Å². The van der Waals surface area contributed by atoms with Gasteiger partial charge >= 0.3 is 0 Å². The van der Waals surface area contributed by atoms with Gasteiger partial charge in [0.05, 0.1) is 12.0 Å². The summed E-state index contributed by atoms with van der Waals surface area (Å²) in [5, 5.41) is 2.77. The lowest BCUT2D eigenvalue weighted by Crippen LogP contribution is -2.14. The maximum Gasteiger partial charge on any atom is 0.261 e. The first-order chi connectivity index (χ1) is 13.4. The molecule has 3 rings (SSSR count). The largest absolute Gasteiger partial charge is 0.497 e. The maximum absolute atomic E-state index is 12.4. The van der Waals surface area contributed by atoms with Crippen molar-refractivity contribution in [1.82, 2.24) is 0 Å². The lowest BCUT2D eigenvalue weighted by molar-refractivity contribution is 0.102. The SMILES string of the molecule is COc1ccc(NC(=O)c2ccc(NS(=O)(=O)c3ccc(Br)cc3)cc2)cc1. The van der Waals surface area contributed by atoms with E-state index in [4.69, 9.17) is 4.74 Å². The Morgan fingerprint density at radius 1 is 0.857 bits per heavy atom. The second-order valence-corrected chi connectivity index (χ2v) is 8.42. The molecular formula is C20H17BrN2O4S. The van der Waals surface area contributed by atoms with Crippen LogP contribution in [0.4, 0.5) is 11.4 Å². The van der Waals surface area contributed by atoms with Crippen LogP contribution >= 0.6 is 15.9 Å². The van der Waals surface area contributed by atoms with Crippen LogP contribution in [0.1, 0.15) is 10.4 Å². The highest BCUT2D eigenvalue weighted by Gasteiger charge is 2.14. The molecule has 0 aromatic heterocycles. The number of halogens is 1. The number of hydrogen-bond acceptors (Lipinski definition) is 4. The predicted molar refractivity (Wildman–Crippen MR) is 112 cm³/mol. The molecule has 0 aliphatic carbocycles. The first-order valence-corrected chi connectivity index (χ1v) is 10.5. The number of ether oxygens (including phenoxy) is 1. The Kier molecular flexibility index (Phi) is 6.01. The van der Waals surface area contributed by atoms with E-state index in [0.717, 1.165) is 4.47 Å². The third kappa shape index (κ3) is 4.90. The van der Waals surface area contributed by atoms with Crippen LogP contribution in [0.3, 0.4) is 0 Å². The van der Waals surface area contributed by atoms with Gasteiger partial charge in [-0.05, 0) is 72.8 Å². The van der Waals surface area contributed by atoms with E-state index < -0.39 is 10.0 Å². The maximum atomic E-state index is 12.4. The minimum Gasteiger partial charge on any atom is -0.497 e. The highest BCUT2D eigenvalue weighted by molar-refractivity contribution is 9.10. The van der Waals surface area contributed by atoms with Gasteiger partial charge < -0.3 is 10.1 Å². The summed E-state index contributed by atoms with van der Waals surface area (Å²) in [6.45, 7) is 0. The molecule has 0 bridgehead atoms. The van der Waals surface area contributed by atoms with Gasteiger partial charge in [0.2, 0.25) is 0 Å². The molecular weight excluding hydrogens is 444 g/mol. The third-order valence-corrected chi connectivity index (χ3v) is 5.80. The molecule has 3 aromatic rings. The van der Waals surface area contributed by atoms with Crippen molar-refractivity contribution in [2.45, 2.75) is 4.90 Å². The summed E-state index contributed by atoms with van der Waals surface area (Å²) in [5.74, 6) is 0.396. The Balaban J connectivity index is 1.68. The van der Waals surface area contributed by atoms with Gasteiger partial charge in [-0.2, -0.15) is 0 Å². The molecule has 0 heterocycles. The summed E-state index contributed by atoms with van der Waals surface area (Å²) in [6.07, 6.45) is 0. The fraction of sp³-hybridized carbons (Fsp3) is 0.0500. The second kappa shape index (κ2) is 8.45. The van der Waals surface area contributed by atoms with Crippen LogP contribution < -0.4 is 14.8 Å². The first-order valence-electron chi connectivity index (χ1n) is 8.21. The van der Waals surface area contributed by atoms with Crippen LogP contribution in [0.2, 0.25) is 0 Å². The molecule has 8 heteroatoms. The van der Waals surface area contributed by atoms with E-state index in [1.807, 2.05) is 0 Å². The Labute approximate surface area is 171 Å². The van der Waals surface area contributed by atoms with E-state index >= 15 is 0 Å². The smallest absolute Gasteiger partial charge is 0.261 e. The molecule has 6 nitrogen and oxygen atoms in total. The molecule has 0 spiro atoms. The van der Waals surface area contributed by atoms with Crippen molar-refractivity contribution in [2.24, 2.45) is 0 Å². The Bertz CT molecular complexity index is 1060.